The Hall–Kier alpha value is -1.07. The molecule has 1 aliphatic heterocycles. The van der Waals surface area contributed by atoms with Crippen molar-refractivity contribution in [3.8, 4) is 0 Å². The molecule has 1 aromatic rings. The first kappa shape index (κ1) is 14.3. The fourth-order valence-electron chi connectivity index (χ4n) is 2.47. The van der Waals surface area contributed by atoms with E-state index in [1.54, 1.807) is 0 Å². The Labute approximate surface area is 122 Å². The molecule has 2 N–H and O–H groups in total. The summed E-state index contributed by atoms with van der Waals surface area (Å²) in [6, 6.07) is 6.21. The number of nitrogens with zero attached hydrogens (tertiary/aromatic N) is 1. The van der Waals surface area contributed by atoms with Gasteiger partial charge < -0.3 is 15.5 Å². The highest BCUT2D eigenvalue weighted by Crippen LogP contribution is 2.31. The third-order valence-corrected chi connectivity index (χ3v) is 4.04. The van der Waals surface area contributed by atoms with Crippen LogP contribution in [0.5, 0.6) is 0 Å². The van der Waals surface area contributed by atoms with Gasteiger partial charge in [0.25, 0.3) is 0 Å². The first-order chi connectivity index (χ1) is 8.96. The maximum atomic E-state index is 12.1. The number of amides is 1. The molecule has 1 aromatic carbocycles. The topological polar surface area (TPSA) is 44.4 Å². The fraction of sp³-hybridized carbons (Fsp3) is 0.500. The van der Waals surface area contributed by atoms with Crippen LogP contribution in [0, 0.1) is 0 Å². The average Bonchev–Trinajstić information content (AvgIpc) is 2.34. The van der Waals surface area contributed by atoms with Gasteiger partial charge in [0.2, 0.25) is 5.91 Å². The third-order valence-electron chi connectivity index (χ3n) is 3.55. The zero-order valence-corrected chi connectivity index (χ0v) is 13.2. The summed E-state index contributed by atoms with van der Waals surface area (Å²) in [4.78, 5) is 14.2. The normalized spacial score (nSPS) is 18.3. The molecule has 2 rings (SSSR count). The molecule has 1 amide bonds. The molecule has 1 saturated heterocycles. The predicted molar refractivity (Wildman–Crippen MR) is 81.3 cm³/mol. The third kappa shape index (κ3) is 2.77. The monoisotopic (exact) mass is 325 g/mol. The van der Waals surface area contributed by atoms with Gasteiger partial charge in [-0.2, -0.15) is 0 Å². The first-order valence-electron chi connectivity index (χ1n) is 6.46. The highest BCUT2D eigenvalue weighted by Gasteiger charge is 2.38. The van der Waals surface area contributed by atoms with Gasteiger partial charge in [0, 0.05) is 29.8 Å². The van der Waals surface area contributed by atoms with Gasteiger partial charge in [-0.15, -0.1) is 0 Å². The van der Waals surface area contributed by atoms with Crippen molar-refractivity contribution in [3.63, 3.8) is 0 Å². The van der Waals surface area contributed by atoms with Gasteiger partial charge in [0.1, 0.15) is 5.54 Å². The van der Waals surface area contributed by atoms with E-state index in [1.165, 1.54) is 5.56 Å². The zero-order valence-electron chi connectivity index (χ0n) is 11.6. The quantitative estimate of drug-likeness (QED) is 0.892. The number of carbonyl (C=O) groups excluding carboxylic acids is 1. The van der Waals surface area contributed by atoms with Gasteiger partial charge in [-0.3, -0.25) is 4.79 Å². The minimum atomic E-state index is -0.519. The largest absolute Gasteiger partial charge is 0.355 e. The van der Waals surface area contributed by atoms with E-state index in [0.717, 1.165) is 23.2 Å². The molecule has 0 aromatic heterocycles. The molecule has 0 aliphatic carbocycles. The van der Waals surface area contributed by atoms with Crippen LogP contribution in [0.3, 0.4) is 0 Å². The molecule has 0 atom stereocenters. The van der Waals surface area contributed by atoms with Crippen molar-refractivity contribution in [2.24, 2.45) is 0 Å². The maximum Gasteiger partial charge on any atom is 0.245 e. The number of anilines is 1. The summed E-state index contributed by atoms with van der Waals surface area (Å²) in [5.74, 6) is 0.0806. The SMILES string of the molecule is CNCc1cc(Br)ccc1N1CCNC(=O)C1(C)C. The molecule has 1 heterocycles. The fourth-order valence-corrected chi connectivity index (χ4v) is 2.88. The summed E-state index contributed by atoms with van der Waals surface area (Å²) in [6.45, 7) is 6.23. The van der Waals surface area contributed by atoms with Crippen molar-refractivity contribution in [2.45, 2.75) is 25.9 Å². The summed E-state index contributed by atoms with van der Waals surface area (Å²) >= 11 is 3.51. The second kappa shape index (κ2) is 5.51. The number of carbonyl (C=O) groups is 1. The van der Waals surface area contributed by atoms with Crippen LogP contribution in [-0.4, -0.2) is 31.6 Å². The minimum absolute atomic E-state index is 0.0806. The highest BCUT2D eigenvalue weighted by molar-refractivity contribution is 9.10. The molecule has 0 bridgehead atoms. The average molecular weight is 326 g/mol. The Morgan fingerprint density at radius 1 is 1.47 bits per heavy atom. The Kier molecular flexibility index (Phi) is 4.16. The lowest BCUT2D eigenvalue weighted by molar-refractivity contribution is -0.126. The van der Waals surface area contributed by atoms with Crippen molar-refractivity contribution in [3.05, 3.63) is 28.2 Å². The van der Waals surface area contributed by atoms with E-state index in [9.17, 15) is 4.79 Å². The summed E-state index contributed by atoms with van der Waals surface area (Å²) in [5.41, 5.74) is 1.80. The van der Waals surface area contributed by atoms with Crippen LogP contribution in [-0.2, 0) is 11.3 Å². The molecule has 1 fully saturated rings. The molecular weight excluding hydrogens is 306 g/mol. The first-order valence-corrected chi connectivity index (χ1v) is 7.25. The van der Waals surface area contributed by atoms with Crippen molar-refractivity contribution in [1.82, 2.24) is 10.6 Å². The minimum Gasteiger partial charge on any atom is -0.355 e. The number of piperazine rings is 1. The second-order valence-corrected chi connectivity index (χ2v) is 6.19. The van der Waals surface area contributed by atoms with Crippen LogP contribution < -0.4 is 15.5 Å². The van der Waals surface area contributed by atoms with Crippen LogP contribution >= 0.6 is 15.9 Å². The molecule has 5 heteroatoms. The van der Waals surface area contributed by atoms with Crippen LogP contribution in [0.25, 0.3) is 0 Å². The van der Waals surface area contributed by atoms with Crippen LogP contribution in [0.4, 0.5) is 5.69 Å². The van der Waals surface area contributed by atoms with E-state index in [2.05, 4.69) is 43.6 Å². The van der Waals surface area contributed by atoms with E-state index in [-0.39, 0.29) is 5.91 Å². The van der Waals surface area contributed by atoms with Gasteiger partial charge in [-0.05, 0) is 44.7 Å². The summed E-state index contributed by atoms with van der Waals surface area (Å²) in [5, 5.41) is 6.11. The molecule has 4 nitrogen and oxygen atoms in total. The van der Waals surface area contributed by atoms with Crippen molar-refractivity contribution >= 4 is 27.5 Å². The van der Waals surface area contributed by atoms with Gasteiger partial charge >= 0.3 is 0 Å². The molecular formula is C14H20BrN3O. The Bertz CT molecular complexity index is 488. The van der Waals surface area contributed by atoms with E-state index in [0.29, 0.717) is 6.54 Å². The van der Waals surface area contributed by atoms with Gasteiger partial charge in [0.05, 0.1) is 0 Å². The lowest BCUT2D eigenvalue weighted by Crippen LogP contribution is -2.62. The molecule has 1 aliphatic rings. The summed E-state index contributed by atoms with van der Waals surface area (Å²) in [6.07, 6.45) is 0. The summed E-state index contributed by atoms with van der Waals surface area (Å²) in [7, 11) is 1.93. The number of benzene rings is 1. The number of halogens is 1. The number of hydrogen-bond donors (Lipinski definition) is 2. The number of nitrogens with one attached hydrogen (secondary N) is 2. The lowest BCUT2D eigenvalue weighted by Gasteiger charge is -2.43. The van der Waals surface area contributed by atoms with Crippen LogP contribution in [0.2, 0.25) is 0 Å². The van der Waals surface area contributed by atoms with Crippen molar-refractivity contribution in [1.29, 1.82) is 0 Å². The van der Waals surface area contributed by atoms with Gasteiger partial charge in [-0.1, -0.05) is 15.9 Å². The second-order valence-electron chi connectivity index (χ2n) is 5.27. The number of hydrogen-bond acceptors (Lipinski definition) is 3. The molecule has 104 valence electrons. The molecule has 0 unspecified atom stereocenters. The lowest BCUT2D eigenvalue weighted by atomic mass is 9.96. The van der Waals surface area contributed by atoms with E-state index in [1.807, 2.05) is 27.0 Å². The van der Waals surface area contributed by atoms with Crippen molar-refractivity contribution in [2.75, 3.05) is 25.0 Å². The molecule has 0 spiro atoms. The van der Waals surface area contributed by atoms with Crippen LogP contribution in [0.1, 0.15) is 19.4 Å². The maximum absolute atomic E-state index is 12.1. The Morgan fingerprint density at radius 3 is 2.89 bits per heavy atom. The molecule has 0 radical (unpaired) electrons. The standard InChI is InChI=1S/C14H20BrN3O/c1-14(2)13(19)17-6-7-18(14)12-5-4-11(15)8-10(12)9-16-3/h4-5,8,16H,6-7,9H2,1-3H3,(H,17,19). The Balaban J connectivity index is 2.42. The van der Waals surface area contributed by atoms with Crippen LogP contribution in [0.15, 0.2) is 22.7 Å². The smallest absolute Gasteiger partial charge is 0.245 e. The van der Waals surface area contributed by atoms with Crippen molar-refractivity contribution < 1.29 is 4.79 Å². The summed E-state index contributed by atoms with van der Waals surface area (Å²) < 4.78 is 1.06. The molecule has 0 saturated carbocycles. The zero-order chi connectivity index (χ0) is 14.0. The van der Waals surface area contributed by atoms with E-state index < -0.39 is 5.54 Å². The van der Waals surface area contributed by atoms with Gasteiger partial charge in [0.15, 0.2) is 0 Å². The van der Waals surface area contributed by atoms with Gasteiger partial charge in [-0.25, -0.2) is 0 Å². The highest BCUT2D eigenvalue weighted by atomic mass is 79.9. The number of rotatable bonds is 3. The molecule has 19 heavy (non-hydrogen) atoms. The Morgan fingerprint density at radius 2 is 2.21 bits per heavy atom. The van der Waals surface area contributed by atoms with E-state index in [4.69, 9.17) is 0 Å². The predicted octanol–water partition coefficient (Wildman–Crippen LogP) is 1.88. The van der Waals surface area contributed by atoms with E-state index >= 15 is 0 Å².